The van der Waals surface area contributed by atoms with Crippen LogP contribution >= 0.6 is 0 Å². The van der Waals surface area contributed by atoms with Crippen molar-refractivity contribution in [1.29, 1.82) is 5.26 Å². The van der Waals surface area contributed by atoms with Gasteiger partial charge in [-0.2, -0.15) is 18.4 Å². The first kappa shape index (κ1) is 18.3. The Morgan fingerprint density at radius 2 is 1.74 bits per heavy atom. The Morgan fingerprint density at radius 1 is 1.15 bits per heavy atom. The van der Waals surface area contributed by atoms with Crippen molar-refractivity contribution in [2.45, 2.75) is 12.1 Å². The van der Waals surface area contributed by atoms with Crippen molar-refractivity contribution in [3.8, 4) is 11.9 Å². The van der Waals surface area contributed by atoms with Crippen molar-refractivity contribution in [2.75, 3.05) is 0 Å². The number of rotatable bonds is 1. The SMILES string of the molecule is Cn1c2c(c(=O)n(C)c1=O)C(c1ccc(C(F)(F)F)cc1)C(C#N)=C(N)O2. The van der Waals surface area contributed by atoms with Crippen LogP contribution in [0, 0.1) is 11.3 Å². The second-order valence-electron chi connectivity index (χ2n) is 5.97. The molecule has 0 spiro atoms. The Kier molecular flexibility index (Phi) is 4.10. The van der Waals surface area contributed by atoms with Crippen molar-refractivity contribution in [2.24, 2.45) is 19.8 Å². The zero-order chi connectivity index (χ0) is 20.1. The molecular formula is C17H13F3N4O3. The number of halogens is 3. The molecule has 1 unspecified atom stereocenters. The maximum absolute atomic E-state index is 12.8. The average molecular weight is 378 g/mol. The lowest BCUT2D eigenvalue weighted by Gasteiger charge is -2.27. The van der Waals surface area contributed by atoms with E-state index in [9.17, 15) is 28.0 Å². The second kappa shape index (κ2) is 6.05. The number of fused-ring (bicyclic) bond motifs is 1. The van der Waals surface area contributed by atoms with Crippen LogP contribution in [0.4, 0.5) is 13.2 Å². The number of nitrogens with zero attached hydrogens (tertiary/aromatic N) is 3. The van der Waals surface area contributed by atoms with E-state index in [4.69, 9.17) is 10.5 Å². The van der Waals surface area contributed by atoms with Gasteiger partial charge in [-0.1, -0.05) is 12.1 Å². The Bertz CT molecular complexity index is 1120. The maximum Gasteiger partial charge on any atom is 0.416 e. The molecule has 0 saturated heterocycles. The number of nitrogens with two attached hydrogens (primary N) is 1. The minimum Gasteiger partial charge on any atom is -0.423 e. The molecule has 2 aromatic rings. The molecule has 140 valence electrons. The van der Waals surface area contributed by atoms with Crippen LogP contribution in [0.3, 0.4) is 0 Å². The van der Waals surface area contributed by atoms with Gasteiger partial charge in [0, 0.05) is 14.1 Å². The minimum atomic E-state index is -4.53. The molecule has 0 bridgehead atoms. The highest BCUT2D eigenvalue weighted by molar-refractivity contribution is 5.53. The number of ether oxygens (including phenoxy) is 1. The lowest BCUT2D eigenvalue weighted by atomic mass is 9.84. The van der Waals surface area contributed by atoms with E-state index in [2.05, 4.69) is 0 Å². The second-order valence-corrected chi connectivity index (χ2v) is 5.97. The molecule has 7 nitrogen and oxygen atoms in total. The summed E-state index contributed by atoms with van der Waals surface area (Å²) in [6, 6.07) is 5.87. The Morgan fingerprint density at radius 3 is 2.26 bits per heavy atom. The van der Waals surface area contributed by atoms with Crippen molar-refractivity contribution in [3.05, 3.63) is 73.3 Å². The van der Waals surface area contributed by atoms with Crippen LogP contribution in [-0.4, -0.2) is 9.13 Å². The first-order valence-corrected chi connectivity index (χ1v) is 7.62. The molecule has 27 heavy (non-hydrogen) atoms. The minimum absolute atomic E-state index is 0.0508. The number of hydrogen-bond donors (Lipinski definition) is 1. The summed E-state index contributed by atoms with van der Waals surface area (Å²) in [7, 11) is 2.61. The van der Waals surface area contributed by atoms with Crippen molar-refractivity contribution in [3.63, 3.8) is 0 Å². The molecule has 1 aliphatic rings. The molecule has 2 N–H and O–H groups in total. The Labute approximate surface area is 150 Å². The Hall–Kier alpha value is -3.48. The zero-order valence-corrected chi connectivity index (χ0v) is 14.2. The number of allylic oxidation sites excluding steroid dienone is 1. The highest BCUT2D eigenvalue weighted by atomic mass is 19.4. The number of alkyl halides is 3. The van der Waals surface area contributed by atoms with Gasteiger partial charge in [0.1, 0.15) is 11.6 Å². The standard InChI is InChI=1S/C17H13F3N4O3/c1-23-14(25)12-11(8-3-5-9(6-4-8)17(18,19)20)10(7-21)13(22)27-15(12)24(2)16(23)26/h3-6,11H,22H2,1-2H3. The van der Waals surface area contributed by atoms with Gasteiger partial charge in [0.2, 0.25) is 11.8 Å². The first-order valence-electron chi connectivity index (χ1n) is 7.62. The quantitative estimate of drug-likeness (QED) is 0.806. The van der Waals surface area contributed by atoms with E-state index in [1.54, 1.807) is 0 Å². The van der Waals surface area contributed by atoms with Crippen LogP contribution in [0.1, 0.15) is 22.6 Å². The van der Waals surface area contributed by atoms with Gasteiger partial charge in [0.25, 0.3) is 5.56 Å². The molecule has 1 aromatic carbocycles. The van der Waals surface area contributed by atoms with Crippen LogP contribution in [0.2, 0.25) is 0 Å². The van der Waals surface area contributed by atoms with Crippen LogP contribution in [0.5, 0.6) is 5.88 Å². The van der Waals surface area contributed by atoms with Crippen molar-refractivity contribution >= 4 is 0 Å². The molecule has 0 saturated carbocycles. The number of nitriles is 1. The first-order chi connectivity index (χ1) is 12.6. The lowest BCUT2D eigenvalue weighted by Crippen LogP contribution is -2.42. The summed E-state index contributed by atoms with van der Waals surface area (Å²) in [5, 5.41) is 9.46. The third-order valence-corrected chi connectivity index (χ3v) is 4.39. The lowest BCUT2D eigenvalue weighted by molar-refractivity contribution is -0.137. The van der Waals surface area contributed by atoms with Crippen LogP contribution in [0.25, 0.3) is 0 Å². The summed E-state index contributed by atoms with van der Waals surface area (Å²) in [4.78, 5) is 24.8. The molecule has 3 rings (SSSR count). The fraction of sp³-hybridized carbons (Fsp3) is 0.235. The van der Waals surface area contributed by atoms with Gasteiger partial charge in [-0.15, -0.1) is 0 Å². The molecule has 0 fully saturated rings. The van der Waals surface area contributed by atoms with Gasteiger partial charge in [-0.25, -0.2) is 4.79 Å². The topological polar surface area (TPSA) is 103 Å². The van der Waals surface area contributed by atoms with Gasteiger partial charge < -0.3 is 10.5 Å². The fourth-order valence-electron chi connectivity index (χ4n) is 2.99. The predicted molar refractivity (Wildman–Crippen MR) is 87.7 cm³/mol. The third-order valence-electron chi connectivity index (χ3n) is 4.39. The van der Waals surface area contributed by atoms with Crippen molar-refractivity contribution < 1.29 is 17.9 Å². The summed E-state index contributed by atoms with van der Waals surface area (Å²) in [6.45, 7) is 0. The van der Waals surface area contributed by atoms with Crippen LogP contribution in [0.15, 0.2) is 45.3 Å². The molecule has 1 aliphatic heterocycles. The molecule has 2 heterocycles. The normalized spacial score (nSPS) is 16.5. The van der Waals surface area contributed by atoms with E-state index in [1.165, 1.54) is 14.1 Å². The van der Waals surface area contributed by atoms with E-state index in [-0.39, 0.29) is 28.5 Å². The smallest absolute Gasteiger partial charge is 0.416 e. The molecule has 0 aliphatic carbocycles. The monoisotopic (exact) mass is 378 g/mol. The molecule has 0 radical (unpaired) electrons. The number of benzene rings is 1. The van der Waals surface area contributed by atoms with Crippen LogP contribution < -0.4 is 21.7 Å². The van der Waals surface area contributed by atoms with E-state index in [0.29, 0.717) is 0 Å². The van der Waals surface area contributed by atoms with Gasteiger partial charge in [-0.3, -0.25) is 13.9 Å². The summed E-state index contributed by atoms with van der Waals surface area (Å²) in [6.07, 6.45) is -4.53. The highest BCUT2D eigenvalue weighted by Crippen LogP contribution is 2.40. The van der Waals surface area contributed by atoms with E-state index < -0.39 is 28.9 Å². The number of hydrogen-bond acceptors (Lipinski definition) is 5. The van der Waals surface area contributed by atoms with Gasteiger partial charge in [-0.05, 0) is 17.7 Å². The molecule has 1 atom stereocenters. The van der Waals surface area contributed by atoms with Crippen LogP contribution in [-0.2, 0) is 20.3 Å². The van der Waals surface area contributed by atoms with Gasteiger partial charge in [0.05, 0.1) is 17.0 Å². The largest absolute Gasteiger partial charge is 0.423 e. The molecule has 10 heteroatoms. The van der Waals surface area contributed by atoms with Crippen molar-refractivity contribution in [1.82, 2.24) is 9.13 Å². The summed E-state index contributed by atoms with van der Waals surface area (Å²) >= 11 is 0. The number of aromatic nitrogens is 2. The molecule has 1 aromatic heterocycles. The molecule has 0 amide bonds. The third kappa shape index (κ3) is 2.77. The fourth-order valence-corrected chi connectivity index (χ4v) is 2.99. The average Bonchev–Trinajstić information content (AvgIpc) is 2.63. The van der Waals surface area contributed by atoms with Gasteiger partial charge >= 0.3 is 11.9 Å². The Balaban J connectivity index is 2.31. The zero-order valence-electron chi connectivity index (χ0n) is 14.2. The maximum atomic E-state index is 12.8. The van der Waals surface area contributed by atoms with E-state index in [1.807, 2.05) is 6.07 Å². The summed E-state index contributed by atoms with van der Waals surface area (Å²) in [5.41, 5.74) is 3.56. The van der Waals surface area contributed by atoms with E-state index >= 15 is 0 Å². The summed E-state index contributed by atoms with van der Waals surface area (Å²) < 4.78 is 45.7. The molecular weight excluding hydrogens is 365 g/mol. The highest BCUT2D eigenvalue weighted by Gasteiger charge is 2.37. The summed E-state index contributed by atoms with van der Waals surface area (Å²) in [5.74, 6) is -1.53. The predicted octanol–water partition coefficient (Wildman–Crippen LogP) is 1.32. The van der Waals surface area contributed by atoms with E-state index in [0.717, 1.165) is 33.4 Å². The van der Waals surface area contributed by atoms with Gasteiger partial charge in [0.15, 0.2) is 0 Å².